The third-order valence-corrected chi connectivity index (χ3v) is 2.92. The van der Waals surface area contributed by atoms with Crippen molar-refractivity contribution in [1.29, 1.82) is 0 Å². The van der Waals surface area contributed by atoms with Crippen LogP contribution in [0.4, 0.5) is 0 Å². The number of nitrogens with one attached hydrogen (secondary N) is 1. The highest BCUT2D eigenvalue weighted by Gasteiger charge is 2.20. The highest BCUT2D eigenvalue weighted by molar-refractivity contribution is 5.77. The van der Waals surface area contributed by atoms with Gasteiger partial charge in [-0.05, 0) is 11.1 Å². The van der Waals surface area contributed by atoms with E-state index in [-0.39, 0.29) is 5.97 Å². The second kappa shape index (κ2) is 6.71. The lowest BCUT2D eigenvalue weighted by Crippen LogP contribution is -2.29. The summed E-state index contributed by atoms with van der Waals surface area (Å²) < 4.78 is 4.85. The van der Waals surface area contributed by atoms with Crippen molar-refractivity contribution < 1.29 is 9.53 Å². The minimum atomic E-state index is -0.439. The molecule has 0 unspecified atom stereocenters. The van der Waals surface area contributed by atoms with Crippen molar-refractivity contribution in [3.8, 4) is 0 Å². The van der Waals surface area contributed by atoms with Gasteiger partial charge in [0.05, 0.1) is 7.11 Å². The van der Waals surface area contributed by atoms with Gasteiger partial charge in [0.1, 0.15) is 6.04 Å². The van der Waals surface area contributed by atoms with Crippen molar-refractivity contribution in [2.45, 2.75) is 12.6 Å². The van der Waals surface area contributed by atoms with Crippen molar-refractivity contribution >= 4 is 5.97 Å². The summed E-state index contributed by atoms with van der Waals surface area (Å²) in [6.07, 6.45) is 0. The van der Waals surface area contributed by atoms with Gasteiger partial charge in [-0.1, -0.05) is 60.7 Å². The summed E-state index contributed by atoms with van der Waals surface area (Å²) in [5.74, 6) is -0.276. The van der Waals surface area contributed by atoms with Gasteiger partial charge in [0.2, 0.25) is 0 Å². The van der Waals surface area contributed by atoms with Crippen LogP contribution in [0.1, 0.15) is 17.2 Å². The Balaban J connectivity index is 2.09. The molecule has 1 atom stereocenters. The maximum Gasteiger partial charge on any atom is 0.327 e. The number of hydrogen-bond acceptors (Lipinski definition) is 3. The van der Waals surface area contributed by atoms with E-state index in [1.807, 2.05) is 60.7 Å². The zero-order valence-electron chi connectivity index (χ0n) is 10.9. The topological polar surface area (TPSA) is 38.3 Å². The number of carbonyl (C=O) groups is 1. The first-order valence-electron chi connectivity index (χ1n) is 6.21. The smallest absolute Gasteiger partial charge is 0.327 e. The predicted molar refractivity (Wildman–Crippen MR) is 74.5 cm³/mol. The molecule has 2 aromatic rings. The fraction of sp³-hybridized carbons (Fsp3) is 0.188. The number of rotatable bonds is 5. The Morgan fingerprint density at radius 2 is 1.63 bits per heavy atom. The average Bonchev–Trinajstić information content (AvgIpc) is 2.49. The fourth-order valence-electron chi connectivity index (χ4n) is 1.92. The molecule has 0 radical (unpaired) electrons. The molecule has 0 aliphatic carbocycles. The van der Waals surface area contributed by atoms with Crippen LogP contribution in [0.15, 0.2) is 60.7 Å². The number of benzene rings is 2. The number of ether oxygens (including phenoxy) is 1. The Kier molecular flexibility index (Phi) is 4.70. The normalized spacial score (nSPS) is 11.8. The summed E-state index contributed by atoms with van der Waals surface area (Å²) in [4.78, 5) is 11.8. The third-order valence-electron chi connectivity index (χ3n) is 2.92. The summed E-state index contributed by atoms with van der Waals surface area (Å²) in [5.41, 5.74) is 2.04. The van der Waals surface area contributed by atoms with Gasteiger partial charge < -0.3 is 4.74 Å². The van der Waals surface area contributed by atoms with E-state index in [9.17, 15) is 4.79 Å². The molecule has 3 heteroatoms. The lowest BCUT2D eigenvalue weighted by atomic mass is 10.1. The summed E-state index contributed by atoms with van der Waals surface area (Å²) in [6.45, 7) is 0.621. The first-order chi connectivity index (χ1) is 9.31. The van der Waals surface area contributed by atoms with E-state index in [0.29, 0.717) is 6.54 Å². The molecule has 0 amide bonds. The number of hydrogen-bond donors (Lipinski definition) is 1. The van der Waals surface area contributed by atoms with E-state index in [0.717, 1.165) is 11.1 Å². The zero-order chi connectivity index (χ0) is 13.5. The predicted octanol–water partition coefficient (Wildman–Crippen LogP) is 2.69. The Bertz CT molecular complexity index is 511. The Hall–Kier alpha value is -2.13. The van der Waals surface area contributed by atoms with Gasteiger partial charge in [-0.25, -0.2) is 4.79 Å². The van der Waals surface area contributed by atoms with E-state index in [1.165, 1.54) is 7.11 Å². The van der Waals surface area contributed by atoms with Crippen LogP contribution >= 0.6 is 0 Å². The summed E-state index contributed by atoms with van der Waals surface area (Å²) >= 11 is 0. The Labute approximate surface area is 113 Å². The molecule has 0 aliphatic heterocycles. The largest absolute Gasteiger partial charge is 0.468 e. The zero-order valence-corrected chi connectivity index (χ0v) is 10.9. The second-order valence-corrected chi connectivity index (χ2v) is 4.23. The van der Waals surface area contributed by atoms with Crippen molar-refractivity contribution in [3.05, 3.63) is 71.8 Å². The van der Waals surface area contributed by atoms with E-state index < -0.39 is 6.04 Å². The van der Waals surface area contributed by atoms with Gasteiger partial charge >= 0.3 is 5.97 Å². The van der Waals surface area contributed by atoms with Crippen molar-refractivity contribution in [2.75, 3.05) is 7.11 Å². The molecule has 1 N–H and O–H groups in total. The molecule has 0 aliphatic rings. The van der Waals surface area contributed by atoms with Gasteiger partial charge in [0.25, 0.3) is 0 Å². The van der Waals surface area contributed by atoms with Crippen LogP contribution in [0.5, 0.6) is 0 Å². The maximum absolute atomic E-state index is 11.8. The summed E-state index contributed by atoms with van der Waals surface area (Å²) in [5, 5.41) is 3.23. The lowest BCUT2D eigenvalue weighted by molar-refractivity contribution is -0.143. The number of esters is 1. The van der Waals surface area contributed by atoms with E-state index in [1.54, 1.807) is 0 Å². The molecule has 0 heterocycles. The van der Waals surface area contributed by atoms with Gasteiger partial charge in [0.15, 0.2) is 0 Å². The van der Waals surface area contributed by atoms with Gasteiger partial charge in [-0.15, -0.1) is 0 Å². The van der Waals surface area contributed by atoms with Crippen molar-refractivity contribution in [3.63, 3.8) is 0 Å². The standard InChI is InChI=1S/C16H17NO2/c1-19-16(18)15(14-10-6-3-7-11-14)17-12-13-8-4-2-5-9-13/h2-11,15,17H,12H2,1H3/t15-/m0/s1. The van der Waals surface area contributed by atoms with Crippen LogP contribution < -0.4 is 5.32 Å². The fourth-order valence-corrected chi connectivity index (χ4v) is 1.92. The highest BCUT2D eigenvalue weighted by Crippen LogP contribution is 2.15. The van der Waals surface area contributed by atoms with Crippen LogP contribution in [-0.2, 0) is 16.1 Å². The Morgan fingerprint density at radius 3 is 2.21 bits per heavy atom. The number of carbonyl (C=O) groups excluding carboxylic acids is 1. The second-order valence-electron chi connectivity index (χ2n) is 4.23. The molecule has 0 saturated heterocycles. The molecule has 3 nitrogen and oxygen atoms in total. The lowest BCUT2D eigenvalue weighted by Gasteiger charge is -2.16. The van der Waals surface area contributed by atoms with Crippen LogP contribution in [-0.4, -0.2) is 13.1 Å². The van der Waals surface area contributed by atoms with Gasteiger partial charge in [-0.2, -0.15) is 0 Å². The molecule has 19 heavy (non-hydrogen) atoms. The molecule has 0 spiro atoms. The average molecular weight is 255 g/mol. The molecule has 0 aromatic heterocycles. The SMILES string of the molecule is COC(=O)[C@@H](NCc1ccccc1)c1ccccc1. The third kappa shape index (κ3) is 3.66. The van der Waals surface area contributed by atoms with Crippen LogP contribution in [0.25, 0.3) is 0 Å². The molecule has 0 bridgehead atoms. The van der Waals surface area contributed by atoms with Gasteiger partial charge in [0, 0.05) is 6.54 Å². The Morgan fingerprint density at radius 1 is 1.05 bits per heavy atom. The maximum atomic E-state index is 11.8. The molecule has 0 fully saturated rings. The summed E-state index contributed by atoms with van der Waals surface area (Å²) in [6, 6.07) is 19.1. The minimum absolute atomic E-state index is 0.276. The van der Waals surface area contributed by atoms with Crippen molar-refractivity contribution in [2.24, 2.45) is 0 Å². The molecule has 2 rings (SSSR count). The molecule has 0 saturated carbocycles. The minimum Gasteiger partial charge on any atom is -0.468 e. The van der Waals surface area contributed by atoms with Crippen LogP contribution in [0.3, 0.4) is 0 Å². The van der Waals surface area contributed by atoms with Crippen LogP contribution in [0.2, 0.25) is 0 Å². The summed E-state index contributed by atoms with van der Waals surface area (Å²) in [7, 11) is 1.41. The van der Waals surface area contributed by atoms with E-state index in [4.69, 9.17) is 4.74 Å². The first-order valence-corrected chi connectivity index (χ1v) is 6.21. The number of methoxy groups -OCH3 is 1. The quantitative estimate of drug-likeness (QED) is 0.835. The van der Waals surface area contributed by atoms with E-state index >= 15 is 0 Å². The van der Waals surface area contributed by atoms with Crippen molar-refractivity contribution in [1.82, 2.24) is 5.32 Å². The molecule has 2 aromatic carbocycles. The first kappa shape index (κ1) is 13.3. The van der Waals surface area contributed by atoms with E-state index in [2.05, 4.69) is 5.32 Å². The van der Waals surface area contributed by atoms with Crippen LogP contribution in [0, 0.1) is 0 Å². The molecular formula is C16H17NO2. The molecular weight excluding hydrogens is 238 g/mol. The molecule has 98 valence electrons. The monoisotopic (exact) mass is 255 g/mol. The highest BCUT2D eigenvalue weighted by atomic mass is 16.5. The van der Waals surface area contributed by atoms with Gasteiger partial charge in [-0.3, -0.25) is 5.32 Å².